The van der Waals surface area contributed by atoms with E-state index in [1.54, 1.807) is 18.2 Å². The van der Waals surface area contributed by atoms with Gasteiger partial charge in [-0.1, -0.05) is 18.2 Å². The van der Waals surface area contributed by atoms with E-state index in [1.807, 2.05) is 0 Å². The average Bonchev–Trinajstić information content (AvgIpc) is 3.05. The van der Waals surface area contributed by atoms with Crippen molar-refractivity contribution < 1.29 is 22.3 Å². The summed E-state index contributed by atoms with van der Waals surface area (Å²) in [6, 6.07) is 6.42. The summed E-state index contributed by atoms with van der Waals surface area (Å²) in [5, 5.41) is 2.70. The Kier molecular flexibility index (Phi) is 7.34. The molecule has 1 fully saturated rings. The molecule has 1 saturated heterocycles. The molecule has 1 aromatic carbocycles. The van der Waals surface area contributed by atoms with Crippen molar-refractivity contribution in [1.29, 1.82) is 0 Å². The minimum Gasteiger partial charge on any atom is -0.377 e. The summed E-state index contributed by atoms with van der Waals surface area (Å²) in [6.45, 7) is 1.36. The van der Waals surface area contributed by atoms with Gasteiger partial charge in [0.25, 0.3) is 0 Å². The molecule has 0 bridgehead atoms. The zero-order valence-corrected chi connectivity index (χ0v) is 15.2. The normalized spacial score (nSPS) is 17.8. The topological polar surface area (TPSA) is 75.7 Å². The van der Waals surface area contributed by atoms with Gasteiger partial charge in [-0.2, -0.15) is 4.31 Å². The molecule has 0 spiro atoms. The smallest absolute Gasteiger partial charge is 0.221 e. The fourth-order valence-corrected chi connectivity index (χ4v) is 3.62. The molecule has 6 nitrogen and oxygen atoms in total. The van der Waals surface area contributed by atoms with Crippen LogP contribution >= 0.6 is 0 Å². The Morgan fingerprint density at radius 3 is 2.80 bits per heavy atom. The molecule has 140 valence electrons. The van der Waals surface area contributed by atoms with Crippen molar-refractivity contribution >= 4 is 15.9 Å². The second-order valence-corrected chi connectivity index (χ2v) is 8.18. The summed E-state index contributed by atoms with van der Waals surface area (Å²) >= 11 is 0. The predicted octanol–water partition coefficient (Wildman–Crippen LogP) is 1.32. The lowest BCUT2D eigenvalue weighted by molar-refractivity contribution is -0.121. The maximum Gasteiger partial charge on any atom is 0.221 e. The molecular formula is C17H25FN2O4S. The number of carbonyl (C=O) groups is 1. The van der Waals surface area contributed by atoms with Gasteiger partial charge in [0.05, 0.1) is 12.4 Å². The molecule has 1 heterocycles. The number of rotatable bonds is 9. The molecule has 1 aromatic rings. The van der Waals surface area contributed by atoms with Gasteiger partial charge in [-0.15, -0.1) is 0 Å². The Bertz CT molecular complexity index is 675. The van der Waals surface area contributed by atoms with Crippen LogP contribution in [0.25, 0.3) is 0 Å². The summed E-state index contributed by atoms with van der Waals surface area (Å²) in [5.74, 6) is -0.547. The molecule has 1 aliphatic rings. The van der Waals surface area contributed by atoms with Gasteiger partial charge in [-0.3, -0.25) is 4.79 Å². The number of benzene rings is 1. The number of amides is 1. The molecule has 0 aliphatic carbocycles. The van der Waals surface area contributed by atoms with Crippen LogP contribution in [0, 0.1) is 5.82 Å². The number of halogens is 1. The van der Waals surface area contributed by atoms with Crippen LogP contribution in [-0.2, 0) is 26.0 Å². The minimum absolute atomic E-state index is 0.0665. The van der Waals surface area contributed by atoms with E-state index < -0.39 is 10.0 Å². The first-order chi connectivity index (χ1) is 11.9. The monoisotopic (exact) mass is 372 g/mol. The first kappa shape index (κ1) is 19.8. The van der Waals surface area contributed by atoms with Crippen molar-refractivity contribution in [2.75, 3.05) is 32.5 Å². The second kappa shape index (κ2) is 9.26. The number of nitrogens with zero attached hydrogens (tertiary/aromatic N) is 1. The molecule has 1 N–H and O–H groups in total. The van der Waals surface area contributed by atoms with E-state index in [0.29, 0.717) is 25.1 Å². The zero-order chi connectivity index (χ0) is 18.3. The summed E-state index contributed by atoms with van der Waals surface area (Å²) in [6.07, 6.45) is 3.26. The third kappa shape index (κ3) is 6.72. The van der Waals surface area contributed by atoms with Crippen LogP contribution in [0.4, 0.5) is 4.39 Å². The highest BCUT2D eigenvalue weighted by Gasteiger charge is 2.25. The predicted molar refractivity (Wildman–Crippen MR) is 93.1 cm³/mol. The van der Waals surface area contributed by atoms with Crippen LogP contribution < -0.4 is 5.32 Å². The van der Waals surface area contributed by atoms with Gasteiger partial charge < -0.3 is 10.1 Å². The van der Waals surface area contributed by atoms with Gasteiger partial charge in [-0.25, -0.2) is 12.8 Å². The van der Waals surface area contributed by atoms with Gasteiger partial charge in [-0.05, 0) is 30.9 Å². The van der Waals surface area contributed by atoms with Crippen LogP contribution in [0.3, 0.4) is 0 Å². The number of hydrogen-bond donors (Lipinski definition) is 1. The molecular weight excluding hydrogens is 347 g/mol. The van der Waals surface area contributed by atoms with Gasteiger partial charge >= 0.3 is 0 Å². The van der Waals surface area contributed by atoms with E-state index in [2.05, 4.69) is 5.32 Å². The molecule has 0 saturated carbocycles. The molecule has 0 radical (unpaired) electrons. The Balaban J connectivity index is 1.75. The zero-order valence-electron chi connectivity index (χ0n) is 14.4. The number of nitrogens with one attached hydrogen (secondary N) is 1. The highest BCUT2D eigenvalue weighted by atomic mass is 32.2. The third-order valence-corrected chi connectivity index (χ3v) is 5.43. The van der Waals surface area contributed by atoms with E-state index in [4.69, 9.17) is 4.74 Å². The first-order valence-electron chi connectivity index (χ1n) is 8.43. The molecule has 8 heteroatoms. The molecule has 1 atom stereocenters. The van der Waals surface area contributed by atoms with Crippen molar-refractivity contribution in [3.05, 3.63) is 35.6 Å². The van der Waals surface area contributed by atoms with Crippen LogP contribution in [0.5, 0.6) is 0 Å². The number of ether oxygens (including phenoxy) is 1. The second-order valence-electron chi connectivity index (χ2n) is 6.20. The Labute approximate surface area is 148 Å². The van der Waals surface area contributed by atoms with Gasteiger partial charge in [0.15, 0.2) is 0 Å². The average molecular weight is 372 g/mol. The van der Waals surface area contributed by atoms with Crippen LogP contribution in [0.15, 0.2) is 24.3 Å². The van der Waals surface area contributed by atoms with Crippen molar-refractivity contribution in [2.24, 2.45) is 0 Å². The van der Waals surface area contributed by atoms with E-state index in [0.717, 1.165) is 19.1 Å². The number of sulfonamides is 1. The molecule has 0 aromatic heterocycles. The Hall–Kier alpha value is -1.51. The van der Waals surface area contributed by atoms with Crippen LogP contribution in [0.1, 0.15) is 24.8 Å². The highest BCUT2D eigenvalue weighted by Crippen LogP contribution is 2.15. The van der Waals surface area contributed by atoms with Crippen molar-refractivity contribution in [3.63, 3.8) is 0 Å². The van der Waals surface area contributed by atoms with Crippen molar-refractivity contribution in [2.45, 2.75) is 31.8 Å². The van der Waals surface area contributed by atoms with Gasteiger partial charge in [0, 0.05) is 32.7 Å². The molecule has 25 heavy (non-hydrogen) atoms. The SMILES string of the molecule is CS(=O)(=O)N(CCC(=O)NCCc1ccccc1F)CC1CCCO1. The lowest BCUT2D eigenvalue weighted by Gasteiger charge is -2.22. The van der Waals surface area contributed by atoms with Crippen molar-refractivity contribution in [3.8, 4) is 0 Å². The Morgan fingerprint density at radius 2 is 2.16 bits per heavy atom. The summed E-state index contributed by atoms with van der Waals surface area (Å²) in [5.41, 5.74) is 0.541. The van der Waals surface area contributed by atoms with Crippen LogP contribution in [0.2, 0.25) is 0 Å². The van der Waals surface area contributed by atoms with E-state index in [9.17, 15) is 17.6 Å². The number of carbonyl (C=O) groups excluding carboxylic acids is 1. The summed E-state index contributed by atoms with van der Waals surface area (Å²) in [4.78, 5) is 11.9. The van der Waals surface area contributed by atoms with Gasteiger partial charge in [0.2, 0.25) is 15.9 Å². The maximum absolute atomic E-state index is 13.5. The van der Waals surface area contributed by atoms with Crippen molar-refractivity contribution in [1.82, 2.24) is 9.62 Å². The van der Waals surface area contributed by atoms with E-state index >= 15 is 0 Å². The molecule has 1 amide bonds. The summed E-state index contributed by atoms with van der Waals surface area (Å²) in [7, 11) is -3.39. The van der Waals surface area contributed by atoms with Gasteiger partial charge in [0.1, 0.15) is 5.82 Å². The molecule has 2 rings (SSSR count). The quantitative estimate of drug-likeness (QED) is 0.709. The molecule has 1 aliphatic heterocycles. The first-order valence-corrected chi connectivity index (χ1v) is 10.3. The minimum atomic E-state index is -3.39. The fourth-order valence-electron chi connectivity index (χ4n) is 2.76. The largest absolute Gasteiger partial charge is 0.377 e. The highest BCUT2D eigenvalue weighted by molar-refractivity contribution is 7.88. The third-order valence-electron chi connectivity index (χ3n) is 4.16. The molecule has 1 unspecified atom stereocenters. The lowest BCUT2D eigenvalue weighted by atomic mass is 10.1. The lowest BCUT2D eigenvalue weighted by Crippen LogP contribution is -2.39. The fraction of sp³-hybridized carbons (Fsp3) is 0.588. The van der Waals surface area contributed by atoms with E-state index in [1.165, 1.54) is 10.4 Å². The summed E-state index contributed by atoms with van der Waals surface area (Å²) < 4.78 is 44.0. The Morgan fingerprint density at radius 1 is 1.40 bits per heavy atom. The standard InChI is InChI=1S/C17H25FN2O4S/c1-25(22,23)20(13-15-6-4-12-24-15)11-9-17(21)19-10-8-14-5-2-3-7-16(14)18/h2-3,5,7,15H,4,6,8-13H2,1H3,(H,19,21). The van der Waals surface area contributed by atoms with Crippen LogP contribution in [-0.4, -0.2) is 57.2 Å². The number of hydrogen-bond acceptors (Lipinski definition) is 4. The maximum atomic E-state index is 13.5. The van der Waals surface area contributed by atoms with E-state index in [-0.39, 0.29) is 37.3 Å².